The van der Waals surface area contributed by atoms with Crippen LogP contribution in [0.1, 0.15) is 12.5 Å². The van der Waals surface area contributed by atoms with E-state index in [1.54, 1.807) is 12.1 Å². The van der Waals surface area contributed by atoms with Crippen molar-refractivity contribution in [2.75, 3.05) is 4.72 Å². The third-order valence-electron chi connectivity index (χ3n) is 2.53. The maximum Gasteiger partial charge on any atom is 0.263 e. The van der Waals surface area contributed by atoms with E-state index in [1.807, 2.05) is 13.0 Å². The summed E-state index contributed by atoms with van der Waals surface area (Å²) in [6.07, 6.45) is 1.52. The second kappa shape index (κ2) is 5.12. The van der Waals surface area contributed by atoms with E-state index in [0.717, 1.165) is 0 Å². The van der Waals surface area contributed by atoms with E-state index >= 15 is 0 Å². The van der Waals surface area contributed by atoms with E-state index < -0.39 is 10.0 Å². The van der Waals surface area contributed by atoms with Gasteiger partial charge in [0.25, 0.3) is 10.0 Å². The second-order valence-corrected chi connectivity index (χ2v) is 5.46. The molecule has 2 aromatic rings. The minimum Gasteiger partial charge on any atom is -0.264 e. The molecule has 0 saturated heterocycles. The zero-order chi connectivity index (χ0) is 13.9. The molecule has 0 radical (unpaired) electrons. The largest absolute Gasteiger partial charge is 0.264 e. The Bertz CT molecular complexity index is 728. The topological polar surface area (TPSA) is 87.8 Å². The van der Waals surface area contributed by atoms with Gasteiger partial charge in [-0.1, -0.05) is 6.07 Å². The Balaban J connectivity index is 2.35. The Hall–Kier alpha value is -2.33. The maximum absolute atomic E-state index is 12.2. The number of hydrogen-bond acceptors (Lipinski definition) is 4. The number of hydrogen-bond donors (Lipinski definition) is 1. The van der Waals surface area contributed by atoms with Gasteiger partial charge in [0.2, 0.25) is 0 Å². The van der Waals surface area contributed by atoms with Crippen LogP contribution >= 0.6 is 0 Å². The van der Waals surface area contributed by atoms with Gasteiger partial charge >= 0.3 is 0 Å². The fraction of sp³-hybridized carbons (Fsp3) is 0.167. The minimum absolute atomic E-state index is 0.0513. The van der Waals surface area contributed by atoms with Crippen molar-refractivity contribution in [3.63, 3.8) is 0 Å². The van der Waals surface area contributed by atoms with Crippen LogP contribution in [0, 0.1) is 11.3 Å². The lowest BCUT2D eigenvalue weighted by Crippen LogP contribution is -2.16. The first-order valence-electron chi connectivity index (χ1n) is 5.61. The molecule has 0 unspecified atom stereocenters. The van der Waals surface area contributed by atoms with Gasteiger partial charge in [-0.3, -0.25) is 4.72 Å². The van der Waals surface area contributed by atoms with Crippen LogP contribution in [0.25, 0.3) is 0 Å². The highest BCUT2D eigenvalue weighted by Crippen LogP contribution is 2.16. The Labute approximate surface area is 111 Å². The van der Waals surface area contributed by atoms with E-state index in [0.29, 0.717) is 17.9 Å². The van der Waals surface area contributed by atoms with Gasteiger partial charge in [-0.15, -0.1) is 0 Å². The quantitative estimate of drug-likeness (QED) is 0.918. The molecule has 1 heterocycles. The summed E-state index contributed by atoms with van der Waals surface area (Å²) in [5, 5.41) is 12.8. The fourth-order valence-corrected chi connectivity index (χ4v) is 2.71. The molecule has 0 atom stereocenters. The molecule has 98 valence electrons. The highest BCUT2D eigenvalue weighted by Gasteiger charge is 2.16. The predicted molar refractivity (Wildman–Crippen MR) is 69.9 cm³/mol. The fourth-order valence-electron chi connectivity index (χ4n) is 1.60. The van der Waals surface area contributed by atoms with Crippen LogP contribution in [-0.2, 0) is 16.6 Å². The van der Waals surface area contributed by atoms with Crippen molar-refractivity contribution in [3.05, 3.63) is 42.1 Å². The summed E-state index contributed by atoms with van der Waals surface area (Å²) in [6.45, 7) is 2.42. The van der Waals surface area contributed by atoms with Crippen molar-refractivity contribution in [2.45, 2.75) is 18.4 Å². The Morgan fingerprint density at radius 1 is 1.42 bits per heavy atom. The maximum atomic E-state index is 12.2. The number of nitrogens with zero attached hydrogens (tertiary/aromatic N) is 3. The molecule has 0 aliphatic rings. The lowest BCUT2D eigenvalue weighted by atomic mass is 10.2. The van der Waals surface area contributed by atoms with E-state index in [4.69, 9.17) is 5.26 Å². The number of aryl methyl sites for hydroxylation is 1. The van der Waals surface area contributed by atoms with Crippen LogP contribution in [0.2, 0.25) is 0 Å². The summed E-state index contributed by atoms with van der Waals surface area (Å²) >= 11 is 0. The zero-order valence-electron chi connectivity index (χ0n) is 10.2. The van der Waals surface area contributed by atoms with Gasteiger partial charge < -0.3 is 0 Å². The van der Waals surface area contributed by atoms with Crippen molar-refractivity contribution in [1.82, 2.24) is 9.78 Å². The van der Waals surface area contributed by atoms with Crippen molar-refractivity contribution in [2.24, 2.45) is 0 Å². The molecule has 7 heteroatoms. The van der Waals surface area contributed by atoms with Gasteiger partial charge in [0, 0.05) is 12.6 Å². The van der Waals surface area contributed by atoms with Gasteiger partial charge in [0.05, 0.1) is 22.7 Å². The van der Waals surface area contributed by atoms with Crippen LogP contribution in [0.4, 0.5) is 5.82 Å². The standard InChI is InChI=1S/C12H12N4O2S/c1-2-16-12(6-7-14-16)15-19(17,18)11-5-3-4-10(8-11)9-13/h3-8,15H,2H2,1H3. The van der Waals surface area contributed by atoms with Gasteiger partial charge in [0.1, 0.15) is 5.82 Å². The lowest BCUT2D eigenvalue weighted by Gasteiger charge is -2.09. The summed E-state index contributed by atoms with van der Waals surface area (Å²) in [5.74, 6) is 0.393. The normalized spacial score (nSPS) is 10.9. The van der Waals surface area contributed by atoms with E-state index in [2.05, 4.69) is 9.82 Å². The monoisotopic (exact) mass is 276 g/mol. The number of sulfonamides is 1. The van der Waals surface area contributed by atoms with E-state index in [1.165, 1.54) is 29.1 Å². The smallest absolute Gasteiger partial charge is 0.263 e. The van der Waals surface area contributed by atoms with Crippen LogP contribution in [-0.4, -0.2) is 18.2 Å². The molecule has 6 nitrogen and oxygen atoms in total. The van der Waals surface area contributed by atoms with Crippen LogP contribution in [0.3, 0.4) is 0 Å². The first-order valence-corrected chi connectivity index (χ1v) is 7.10. The molecule has 19 heavy (non-hydrogen) atoms. The molecule has 0 aliphatic carbocycles. The molecule has 0 fully saturated rings. The molecule has 0 spiro atoms. The van der Waals surface area contributed by atoms with Crippen molar-refractivity contribution in [1.29, 1.82) is 5.26 Å². The summed E-state index contributed by atoms with van der Waals surface area (Å²) in [6, 6.07) is 9.34. The summed E-state index contributed by atoms with van der Waals surface area (Å²) in [5.41, 5.74) is 0.298. The molecule has 0 bridgehead atoms. The van der Waals surface area contributed by atoms with Crippen molar-refractivity contribution < 1.29 is 8.42 Å². The average Bonchev–Trinajstić information content (AvgIpc) is 2.85. The number of nitriles is 1. The van der Waals surface area contributed by atoms with Gasteiger partial charge in [-0.2, -0.15) is 10.4 Å². The average molecular weight is 276 g/mol. The molecule has 0 amide bonds. The highest BCUT2D eigenvalue weighted by atomic mass is 32.2. The number of nitrogens with one attached hydrogen (secondary N) is 1. The number of rotatable bonds is 4. The first-order chi connectivity index (χ1) is 9.06. The van der Waals surface area contributed by atoms with E-state index in [-0.39, 0.29) is 4.90 Å². The molecule has 2 rings (SSSR count). The molecule has 0 saturated carbocycles. The van der Waals surface area contributed by atoms with E-state index in [9.17, 15) is 8.42 Å². The molecule has 0 aliphatic heterocycles. The number of anilines is 1. The molecule has 1 aromatic heterocycles. The van der Waals surface area contributed by atoms with Crippen LogP contribution in [0.15, 0.2) is 41.4 Å². The Morgan fingerprint density at radius 2 is 2.21 bits per heavy atom. The molecular weight excluding hydrogens is 264 g/mol. The Kier molecular flexibility index (Phi) is 3.53. The molecule has 1 N–H and O–H groups in total. The van der Waals surface area contributed by atoms with Crippen LogP contribution in [0.5, 0.6) is 0 Å². The summed E-state index contributed by atoms with van der Waals surface area (Å²) in [7, 11) is -3.71. The lowest BCUT2D eigenvalue weighted by molar-refractivity contribution is 0.599. The Morgan fingerprint density at radius 3 is 2.89 bits per heavy atom. The summed E-state index contributed by atoms with van der Waals surface area (Å²) in [4.78, 5) is 0.0513. The van der Waals surface area contributed by atoms with Crippen LogP contribution < -0.4 is 4.72 Å². The van der Waals surface area contributed by atoms with Crippen molar-refractivity contribution in [3.8, 4) is 6.07 Å². The summed E-state index contributed by atoms with van der Waals surface area (Å²) < 4.78 is 28.3. The third-order valence-corrected chi connectivity index (χ3v) is 3.88. The predicted octanol–water partition coefficient (Wildman–Crippen LogP) is 1.58. The molecule has 1 aromatic carbocycles. The molecular formula is C12H12N4O2S. The van der Waals surface area contributed by atoms with Crippen molar-refractivity contribution >= 4 is 15.8 Å². The van der Waals surface area contributed by atoms with Gasteiger partial charge in [-0.05, 0) is 25.1 Å². The first kappa shape index (κ1) is 13.1. The second-order valence-electron chi connectivity index (χ2n) is 3.78. The van der Waals surface area contributed by atoms with Gasteiger partial charge in [-0.25, -0.2) is 13.1 Å². The zero-order valence-corrected chi connectivity index (χ0v) is 11.1. The SMILES string of the molecule is CCn1nccc1NS(=O)(=O)c1cccc(C#N)c1. The number of benzene rings is 1. The third kappa shape index (κ3) is 2.74. The minimum atomic E-state index is -3.71. The number of aromatic nitrogens is 2. The van der Waals surface area contributed by atoms with Gasteiger partial charge in [0.15, 0.2) is 0 Å². The highest BCUT2D eigenvalue weighted by molar-refractivity contribution is 7.92.